The molecule has 7 nitrogen and oxygen atoms in total. The molecule has 1 aromatic carbocycles. The van der Waals surface area contributed by atoms with E-state index in [-0.39, 0.29) is 16.4 Å². The topological polar surface area (TPSA) is 108 Å². The number of nitrogens with two attached hydrogens (primary N) is 1. The Morgan fingerprint density at radius 2 is 1.79 bits per heavy atom. The van der Waals surface area contributed by atoms with Gasteiger partial charge in [0.1, 0.15) is 6.07 Å². The molecule has 2 rings (SSSR count). The van der Waals surface area contributed by atoms with E-state index < -0.39 is 15.4 Å². The maximum Gasteiger partial charge on any atom is 0.238 e. The molecule has 1 amide bonds. The first-order chi connectivity index (χ1) is 11.0. The smallest absolute Gasteiger partial charge is 0.238 e. The summed E-state index contributed by atoms with van der Waals surface area (Å²) in [7, 11) is -3.84. The van der Waals surface area contributed by atoms with Crippen molar-refractivity contribution in [2.75, 3.05) is 31.1 Å². The second kappa shape index (κ2) is 6.42. The van der Waals surface area contributed by atoms with Gasteiger partial charge in [-0.15, -0.1) is 0 Å². The van der Waals surface area contributed by atoms with Crippen LogP contribution in [0.25, 0.3) is 0 Å². The molecule has 0 spiro atoms. The molecular formula is C16H22N4O3S. The van der Waals surface area contributed by atoms with Crippen LogP contribution in [-0.4, -0.2) is 45.4 Å². The maximum absolute atomic E-state index is 12.3. The summed E-state index contributed by atoms with van der Waals surface area (Å²) in [6.45, 7) is 7.98. The number of piperazine rings is 1. The first-order valence-electron chi connectivity index (χ1n) is 7.65. The highest BCUT2D eigenvalue weighted by molar-refractivity contribution is 7.89. The van der Waals surface area contributed by atoms with E-state index >= 15 is 0 Å². The van der Waals surface area contributed by atoms with Gasteiger partial charge in [0, 0.05) is 31.6 Å². The van der Waals surface area contributed by atoms with Gasteiger partial charge in [-0.2, -0.15) is 5.26 Å². The zero-order valence-electron chi connectivity index (χ0n) is 14.1. The summed E-state index contributed by atoms with van der Waals surface area (Å²) < 4.78 is 22.8. The summed E-state index contributed by atoms with van der Waals surface area (Å²) in [4.78, 5) is 16.0. The van der Waals surface area contributed by atoms with Gasteiger partial charge in [0.05, 0.1) is 16.1 Å². The molecule has 1 aliphatic rings. The molecule has 130 valence electrons. The van der Waals surface area contributed by atoms with E-state index in [4.69, 9.17) is 5.14 Å². The number of hydrogen-bond acceptors (Lipinski definition) is 5. The summed E-state index contributed by atoms with van der Waals surface area (Å²) >= 11 is 0. The number of carbonyl (C=O) groups is 1. The molecule has 2 N–H and O–H groups in total. The molecule has 0 saturated carbocycles. The van der Waals surface area contributed by atoms with E-state index in [9.17, 15) is 18.5 Å². The van der Waals surface area contributed by atoms with Gasteiger partial charge in [0.25, 0.3) is 0 Å². The summed E-state index contributed by atoms with van der Waals surface area (Å²) in [6, 6.07) is 6.31. The standard InChI is InChI=1S/C16H22N4O3S/c1-16(2,3)15(21)20-8-6-19(7-9-20)14-5-4-13(24(18,22)23)10-12(14)11-17/h4-5,10H,6-9H2,1-3H3,(H2,18,22,23). The number of primary sulfonamides is 1. The lowest BCUT2D eigenvalue weighted by Crippen LogP contribution is -2.51. The average molecular weight is 350 g/mol. The lowest BCUT2D eigenvalue weighted by molar-refractivity contribution is -0.139. The van der Waals surface area contributed by atoms with Crippen LogP contribution in [-0.2, 0) is 14.8 Å². The van der Waals surface area contributed by atoms with Gasteiger partial charge in [0.15, 0.2) is 0 Å². The number of benzene rings is 1. The van der Waals surface area contributed by atoms with Gasteiger partial charge in [-0.1, -0.05) is 20.8 Å². The van der Waals surface area contributed by atoms with Crippen molar-refractivity contribution in [2.24, 2.45) is 10.6 Å². The fourth-order valence-electron chi connectivity index (χ4n) is 2.68. The molecule has 1 aromatic rings. The largest absolute Gasteiger partial charge is 0.367 e. The SMILES string of the molecule is CC(C)(C)C(=O)N1CCN(c2ccc(S(N)(=O)=O)cc2C#N)CC1. The quantitative estimate of drug-likeness (QED) is 0.852. The first-order valence-corrected chi connectivity index (χ1v) is 9.20. The predicted octanol–water partition coefficient (Wildman–Crippen LogP) is 0.900. The van der Waals surface area contributed by atoms with Crippen molar-refractivity contribution in [2.45, 2.75) is 25.7 Å². The third kappa shape index (κ3) is 3.86. The van der Waals surface area contributed by atoms with Crippen molar-refractivity contribution in [3.63, 3.8) is 0 Å². The van der Waals surface area contributed by atoms with Gasteiger partial charge >= 0.3 is 0 Å². The zero-order chi connectivity index (χ0) is 18.1. The van der Waals surface area contributed by atoms with Crippen LogP contribution in [0.5, 0.6) is 0 Å². The number of amides is 1. The molecule has 0 aromatic heterocycles. The van der Waals surface area contributed by atoms with Crippen molar-refractivity contribution in [1.82, 2.24) is 4.90 Å². The van der Waals surface area contributed by atoms with Crippen LogP contribution in [0.3, 0.4) is 0 Å². The van der Waals surface area contributed by atoms with Crippen LogP contribution in [0.15, 0.2) is 23.1 Å². The van der Waals surface area contributed by atoms with Crippen LogP contribution in [0.1, 0.15) is 26.3 Å². The Kier molecular flexibility index (Phi) is 4.87. The van der Waals surface area contributed by atoms with Gasteiger partial charge in [-0.3, -0.25) is 4.79 Å². The van der Waals surface area contributed by atoms with Crippen molar-refractivity contribution < 1.29 is 13.2 Å². The van der Waals surface area contributed by atoms with Crippen LogP contribution in [0, 0.1) is 16.7 Å². The van der Waals surface area contributed by atoms with E-state index in [1.165, 1.54) is 12.1 Å². The van der Waals surface area contributed by atoms with Crippen molar-refractivity contribution in [3.8, 4) is 6.07 Å². The minimum Gasteiger partial charge on any atom is -0.367 e. The summed E-state index contributed by atoms with van der Waals surface area (Å²) in [5, 5.41) is 14.4. The third-order valence-corrected chi connectivity index (χ3v) is 4.88. The normalized spacial score (nSPS) is 16.0. The lowest BCUT2D eigenvalue weighted by atomic mass is 9.94. The molecule has 24 heavy (non-hydrogen) atoms. The summed E-state index contributed by atoms with van der Waals surface area (Å²) in [6.07, 6.45) is 0. The highest BCUT2D eigenvalue weighted by Gasteiger charge is 2.30. The lowest BCUT2D eigenvalue weighted by Gasteiger charge is -2.39. The summed E-state index contributed by atoms with van der Waals surface area (Å²) in [5.74, 6) is 0.104. The molecule has 1 fully saturated rings. The Balaban J connectivity index is 2.18. The number of nitrogens with zero attached hydrogens (tertiary/aromatic N) is 3. The molecular weight excluding hydrogens is 328 g/mol. The van der Waals surface area contributed by atoms with E-state index in [1.807, 2.05) is 36.6 Å². The highest BCUT2D eigenvalue weighted by atomic mass is 32.2. The van der Waals surface area contributed by atoms with Crippen molar-refractivity contribution in [1.29, 1.82) is 5.26 Å². The Morgan fingerprint density at radius 3 is 2.25 bits per heavy atom. The first kappa shape index (κ1) is 18.2. The van der Waals surface area contributed by atoms with E-state index in [0.717, 1.165) is 0 Å². The minimum atomic E-state index is -3.84. The molecule has 0 radical (unpaired) electrons. The van der Waals surface area contributed by atoms with Crippen molar-refractivity contribution in [3.05, 3.63) is 23.8 Å². The fourth-order valence-corrected chi connectivity index (χ4v) is 3.22. The van der Waals surface area contributed by atoms with E-state index in [2.05, 4.69) is 0 Å². The van der Waals surface area contributed by atoms with Gasteiger partial charge < -0.3 is 9.80 Å². The number of hydrogen-bond donors (Lipinski definition) is 1. The van der Waals surface area contributed by atoms with Crippen LogP contribution in [0.2, 0.25) is 0 Å². The Bertz CT molecular complexity index is 783. The van der Waals surface area contributed by atoms with Gasteiger partial charge in [-0.05, 0) is 18.2 Å². The summed E-state index contributed by atoms with van der Waals surface area (Å²) in [5.41, 5.74) is 0.502. The number of anilines is 1. The van der Waals surface area contributed by atoms with E-state index in [0.29, 0.717) is 31.9 Å². The number of sulfonamides is 1. The monoisotopic (exact) mass is 350 g/mol. The second-order valence-corrected chi connectivity index (χ2v) is 8.43. The molecule has 1 heterocycles. The third-order valence-electron chi connectivity index (χ3n) is 3.97. The maximum atomic E-state index is 12.3. The molecule has 0 atom stereocenters. The van der Waals surface area contributed by atoms with Crippen LogP contribution in [0.4, 0.5) is 5.69 Å². The van der Waals surface area contributed by atoms with Gasteiger partial charge in [-0.25, -0.2) is 13.6 Å². The minimum absolute atomic E-state index is 0.0793. The number of nitriles is 1. The molecule has 1 saturated heterocycles. The zero-order valence-corrected chi connectivity index (χ0v) is 14.9. The highest BCUT2D eigenvalue weighted by Crippen LogP contribution is 2.25. The Labute approximate surface area is 142 Å². The molecule has 0 unspecified atom stereocenters. The second-order valence-electron chi connectivity index (χ2n) is 6.87. The molecule has 0 aliphatic carbocycles. The van der Waals surface area contributed by atoms with Crippen molar-refractivity contribution >= 4 is 21.6 Å². The molecule has 0 bridgehead atoms. The number of carbonyl (C=O) groups excluding carboxylic acids is 1. The van der Waals surface area contributed by atoms with Gasteiger partial charge in [0.2, 0.25) is 15.9 Å². The average Bonchev–Trinajstić information content (AvgIpc) is 2.52. The fraction of sp³-hybridized carbons (Fsp3) is 0.500. The predicted molar refractivity (Wildman–Crippen MR) is 90.8 cm³/mol. The Hall–Kier alpha value is -2.11. The molecule has 8 heteroatoms. The van der Waals surface area contributed by atoms with Crippen LogP contribution >= 0.6 is 0 Å². The molecule has 1 aliphatic heterocycles. The van der Waals surface area contributed by atoms with E-state index in [1.54, 1.807) is 6.07 Å². The van der Waals surface area contributed by atoms with Crippen LogP contribution < -0.4 is 10.0 Å². The Morgan fingerprint density at radius 1 is 1.21 bits per heavy atom. The number of rotatable bonds is 2.